The summed E-state index contributed by atoms with van der Waals surface area (Å²) in [7, 11) is -4.38. The topological polar surface area (TPSA) is 97.7 Å². The van der Waals surface area contributed by atoms with Gasteiger partial charge in [0.2, 0.25) is 0 Å². The molecule has 0 aromatic carbocycles. The van der Waals surface area contributed by atoms with E-state index in [-0.39, 0.29) is 0 Å². The molecule has 0 fully saturated rings. The average Bonchev–Trinajstić information content (AvgIpc) is 2.11. The quantitative estimate of drug-likeness (QED) is 0.519. The molecular weight excluding hydrogens is 207 g/mol. The molecule has 0 saturated heterocycles. The largest absolute Gasteiger partial charge is 0.549 e. The Kier molecular flexibility index (Phi) is 29.3. The van der Waals surface area contributed by atoms with E-state index in [9.17, 15) is 14.5 Å². The summed E-state index contributed by atoms with van der Waals surface area (Å²) in [5.74, 6) is -1.74. The minimum absolute atomic E-state index is 1.20. The van der Waals surface area contributed by atoms with E-state index in [0.717, 1.165) is 0 Å². The van der Waals surface area contributed by atoms with Crippen molar-refractivity contribution in [3.8, 4) is 0 Å². The van der Waals surface area contributed by atoms with Gasteiger partial charge in [0.25, 0.3) is 0 Å². The molecule has 0 spiro atoms. The minimum atomic E-state index is -4.38. The van der Waals surface area contributed by atoms with Crippen LogP contribution in [0.3, 0.4) is 0 Å². The zero-order valence-electron chi connectivity index (χ0n) is 8.02. The molecule has 5 nitrogen and oxygen atoms in total. The molecule has 0 amide bonds. The van der Waals surface area contributed by atoms with Crippen molar-refractivity contribution in [1.29, 1.82) is 0 Å². The highest BCUT2D eigenvalue weighted by Crippen LogP contribution is 2.32. The average molecular weight is 223 g/mol. The molecule has 2 N–H and O–H groups in total. The molecule has 6 heteroatoms. The fourth-order valence-corrected chi connectivity index (χ4v) is 0.505. The predicted molar refractivity (Wildman–Crippen MR) is 55.7 cm³/mol. The zero-order chi connectivity index (χ0) is 12.8. The van der Waals surface area contributed by atoms with Gasteiger partial charge >= 0.3 is 7.60 Å². The van der Waals surface area contributed by atoms with Gasteiger partial charge in [0.15, 0.2) is 0 Å². The van der Waals surface area contributed by atoms with Gasteiger partial charge in [0.05, 0.1) is 12.1 Å². The minimum Gasteiger partial charge on any atom is -0.549 e. The summed E-state index contributed by atoms with van der Waals surface area (Å²) in [5.41, 5.74) is 0. The molecule has 0 aliphatic heterocycles. The molecule has 0 heterocycles. The second-order valence-electron chi connectivity index (χ2n) is 1.19. The van der Waals surface area contributed by atoms with E-state index in [1.807, 2.05) is 0 Å². The highest BCUT2D eigenvalue weighted by atomic mass is 31.2. The molecule has 0 aromatic rings. The number of rotatable bonds is 2. The van der Waals surface area contributed by atoms with Crippen molar-refractivity contribution >= 4 is 13.6 Å². The third-order valence-electron chi connectivity index (χ3n) is 0.335. The Labute approximate surface area is 84.2 Å². The van der Waals surface area contributed by atoms with Gasteiger partial charge in [0.1, 0.15) is 0 Å². The zero-order valence-corrected chi connectivity index (χ0v) is 8.91. The van der Waals surface area contributed by atoms with Crippen LogP contribution >= 0.6 is 7.60 Å². The van der Waals surface area contributed by atoms with Crippen LogP contribution in [0.2, 0.25) is 0 Å². The Morgan fingerprint density at radius 1 is 1.07 bits per heavy atom. The lowest BCUT2D eigenvalue weighted by Crippen LogP contribution is -2.25. The van der Waals surface area contributed by atoms with Gasteiger partial charge in [0, 0.05) is 0 Å². The van der Waals surface area contributed by atoms with E-state index in [1.165, 1.54) is 0 Å². The van der Waals surface area contributed by atoms with Crippen LogP contribution in [0.1, 0.15) is 0 Å². The fraction of sp³-hybridized carbons (Fsp3) is 0.125. The molecule has 0 radical (unpaired) electrons. The van der Waals surface area contributed by atoms with Gasteiger partial charge in [-0.2, -0.15) is 0 Å². The number of carbonyl (C=O) groups excluding carboxylic acids is 1. The van der Waals surface area contributed by atoms with E-state index in [0.29, 0.717) is 0 Å². The van der Waals surface area contributed by atoms with Gasteiger partial charge in [-0.1, -0.05) is 0 Å². The summed E-state index contributed by atoms with van der Waals surface area (Å²) in [4.78, 5) is 25.2. The van der Waals surface area contributed by atoms with Crippen molar-refractivity contribution in [2.75, 3.05) is 6.16 Å². The number of aliphatic carboxylic acids is 1. The highest BCUT2D eigenvalue weighted by molar-refractivity contribution is 7.52. The molecule has 0 aromatic heterocycles. The fourth-order valence-electron chi connectivity index (χ4n) is 0.168. The molecule has 0 rings (SSSR count). The van der Waals surface area contributed by atoms with Crippen LogP contribution in [-0.4, -0.2) is 21.9 Å². The summed E-state index contributed by atoms with van der Waals surface area (Å²) in [6.07, 6.45) is -1.20. The maximum atomic E-state index is 9.72. The number of carboxylic acid groups (broad SMARTS) is 1. The summed E-state index contributed by atoms with van der Waals surface area (Å²) in [6.45, 7) is 18.0. The maximum Gasteiger partial charge on any atom is 0.331 e. The monoisotopic (exact) mass is 223 g/mol. The first-order valence-corrected chi connectivity index (χ1v) is 4.96. The Hall–Kier alpha value is -1.16. The molecule has 14 heavy (non-hydrogen) atoms. The van der Waals surface area contributed by atoms with Gasteiger partial charge in [-0.15, -0.1) is 39.5 Å². The normalized spacial score (nSPS) is 7.29. The standard InChI is InChI=1S/C2H5O5P.3C2H4/c3-2(4)1-8(5,6)7;3*1-2/h1H2,(H,3,4)(H2,5,6,7);3*1-2H2/p-1. The smallest absolute Gasteiger partial charge is 0.331 e. The SMILES string of the molecule is C=C.C=C.C=C.O=C([O-])CP(=O)(O)O. The van der Waals surface area contributed by atoms with Crippen LogP contribution in [0.5, 0.6) is 0 Å². The molecule has 0 aliphatic carbocycles. The van der Waals surface area contributed by atoms with Crippen molar-refractivity contribution in [3.05, 3.63) is 39.5 Å². The van der Waals surface area contributed by atoms with E-state index in [2.05, 4.69) is 39.5 Å². The Morgan fingerprint density at radius 2 is 1.29 bits per heavy atom. The summed E-state index contributed by atoms with van der Waals surface area (Å²) in [6, 6.07) is 0. The van der Waals surface area contributed by atoms with E-state index in [4.69, 9.17) is 9.79 Å². The van der Waals surface area contributed by atoms with E-state index in [1.54, 1.807) is 0 Å². The highest BCUT2D eigenvalue weighted by Gasteiger charge is 2.11. The third-order valence-corrected chi connectivity index (χ3v) is 1.01. The Balaban J connectivity index is -0.0000000708. The van der Waals surface area contributed by atoms with Crippen LogP contribution in [0.25, 0.3) is 0 Å². The van der Waals surface area contributed by atoms with Crippen molar-refractivity contribution in [2.45, 2.75) is 0 Å². The molecule has 0 saturated carbocycles. The maximum absolute atomic E-state index is 9.72. The Morgan fingerprint density at radius 3 is 1.29 bits per heavy atom. The Bertz CT molecular complexity index is 170. The van der Waals surface area contributed by atoms with Crippen LogP contribution in [0.4, 0.5) is 0 Å². The molecule has 0 bridgehead atoms. The van der Waals surface area contributed by atoms with Crippen LogP contribution < -0.4 is 5.11 Å². The first-order chi connectivity index (χ1) is 6.42. The molecular formula is C8H16O5P-. The molecule has 0 atom stereocenters. The van der Waals surface area contributed by atoms with Crippen LogP contribution in [-0.2, 0) is 9.36 Å². The lowest BCUT2D eigenvalue weighted by molar-refractivity contribution is -0.301. The summed E-state index contributed by atoms with van der Waals surface area (Å²) < 4.78 is 9.72. The van der Waals surface area contributed by atoms with Crippen molar-refractivity contribution < 1.29 is 24.3 Å². The third kappa shape index (κ3) is 71.2. The van der Waals surface area contributed by atoms with Crippen molar-refractivity contribution in [3.63, 3.8) is 0 Å². The second-order valence-corrected chi connectivity index (χ2v) is 2.84. The first-order valence-electron chi connectivity index (χ1n) is 3.16. The van der Waals surface area contributed by atoms with Gasteiger partial charge in [-0.3, -0.25) is 4.57 Å². The molecule has 84 valence electrons. The van der Waals surface area contributed by atoms with E-state index < -0.39 is 19.7 Å². The molecule has 0 aliphatic rings. The second kappa shape index (κ2) is 17.8. The summed E-state index contributed by atoms with van der Waals surface area (Å²) in [5, 5.41) is 9.41. The predicted octanol–water partition coefficient (Wildman–Crippen LogP) is 0.321. The van der Waals surface area contributed by atoms with E-state index >= 15 is 0 Å². The number of hydrogen-bond acceptors (Lipinski definition) is 3. The lowest BCUT2D eigenvalue weighted by atomic mass is 10.8. The number of carbonyl (C=O) groups is 1. The van der Waals surface area contributed by atoms with Crippen LogP contribution in [0.15, 0.2) is 39.5 Å². The van der Waals surface area contributed by atoms with Crippen LogP contribution in [0, 0.1) is 0 Å². The number of hydrogen-bond donors (Lipinski definition) is 2. The van der Waals surface area contributed by atoms with Gasteiger partial charge in [-0.25, -0.2) is 0 Å². The van der Waals surface area contributed by atoms with Crippen molar-refractivity contribution in [2.24, 2.45) is 0 Å². The molecule has 0 unspecified atom stereocenters. The first kappa shape index (κ1) is 23.0. The number of carboxylic acids is 1. The summed E-state index contributed by atoms with van der Waals surface area (Å²) >= 11 is 0. The van der Waals surface area contributed by atoms with Gasteiger partial charge in [-0.05, 0) is 0 Å². The van der Waals surface area contributed by atoms with Gasteiger partial charge < -0.3 is 19.7 Å². The van der Waals surface area contributed by atoms with Crippen molar-refractivity contribution in [1.82, 2.24) is 0 Å². The lowest BCUT2D eigenvalue weighted by Gasteiger charge is -2.01.